The monoisotopic (exact) mass is 213 g/mol. The molecule has 0 bridgehead atoms. The fraction of sp³-hybridized carbons (Fsp3) is 0.600. The zero-order chi connectivity index (χ0) is 11.4. The number of ether oxygens (including phenoxy) is 1. The summed E-state index contributed by atoms with van der Waals surface area (Å²) in [5.74, 6) is -1.80. The van der Waals surface area contributed by atoms with Crippen molar-refractivity contribution in [3.63, 3.8) is 0 Å². The Balaban J connectivity index is 2.79. The second-order valence-corrected chi connectivity index (χ2v) is 3.38. The maximum absolute atomic E-state index is 11.5. The molecule has 1 aliphatic heterocycles. The molecule has 1 heterocycles. The van der Waals surface area contributed by atoms with E-state index in [4.69, 9.17) is 9.84 Å². The molecule has 2 unspecified atom stereocenters. The van der Waals surface area contributed by atoms with E-state index < -0.39 is 11.9 Å². The summed E-state index contributed by atoms with van der Waals surface area (Å²) in [6.07, 6.45) is 1.20. The molecular weight excluding hydrogens is 198 g/mol. The molecule has 0 saturated carbocycles. The highest BCUT2D eigenvalue weighted by molar-refractivity contribution is 5.87. The molecule has 1 amide bonds. The first-order chi connectivity index (χ1) is 7.11. The molecule has 1 N–H and O–H groups in total. The minimum atomic E-state index is -0.923. The van der Waals surface area contributed by atoms with Gasteiger partial charge in [0, 0.05) is 6.54 Å². The molecule has 0 aliphatic carbocycles. The van der Waals surface area contributed by atoms with Crippen molar-refractivity contribution in [3.05, 3.63) is 12.7 Å². The number of amides is 1. The van der Waals surface area contributed by atoms with Crippen LogP contribution in [0.5, 0.6) is 0 Å². The third-order valence-corrected chi connectivity index (χ3v) is 2.57. The van der Waals surface area contributed by atoms with Crippen molar-refractivity contribution < 1.29 is 19.4 Å². The molecule has 2 atom stereocenters. The summed E-state index contributed by atoms with van der Waals surface area (Å²) < 4.78 is 5.10. The van der Waals surface area contributed by atoms with E-state index in [1.807, 2.05) is 0 Å². The summed E-state index contributed by atoms with van der Waals surface area (Å²) in [6.45, 7) is 6.11. The number of hydrogen-bond acceptors (Lipinski definition) is 3. The third-order valence-electron chi connectivity index (χ3n) is 2.57. The summed E-state index contributed by atoms with van der Waals surface area (Å²) >= 11 is 0. The number of nitrogens with zero attached hydrogens (tertiary/aromatic N) is 1. The lowest BCUT2D eigenvalue weighted by molar-refractivity contribution is -0.144. The standard InChI is InChI=1S/C10H15NO4/c1-3-9(12)11(4-2)8-6-15-5-7(8)10(13)14/h3,7-8H,1,4-6H2,2H3,(H,13,14). The van der Waals surface area contributed by atoms with E-state index in [-0.39, 0.29) is 25.2 Å². The highest BCUT2D eigenvalue weighted by Gasteiger charge is 2.38. The maximum atomic E-state index is 11.5. The molecule has 0 aromatic rings. The van der Waals surface area contributed by atoms with Crippen LogP contribution in [0.25, 0.3) is 0 Å². The molecule has 0 aromatic heterocycles. The van der Waals surface area contributed by atoms with Gasteiger partial charge in [0.1, 0.15) is 5.92 Å². The van der Waals surface area contributed by atoms with Crippen LogP contribution in [-0.2, 0) is 14.3 Å². The van der Waals surface area contributed by atoms with Gasteiger partial charge >= 0.3 is 5.97 Å². The Morgan fingerprint density at radius 2 is 2.27 bits per heavy atom. The fourth-order valence-corrected chi connectivity index (χ4v) is 1.76. The lowest BCUT2D eigenvalue weighted by atomic mass is 10.0. The Morgan fingerprint density at radius 3 is 2.73 bits per heavy atom. The summed E-state index contributed by atoms with van der Waals surface area (Å²) in [7, 11) is 0. The molecule has 5 heteroatoms. The van der Waals surface area contributed by atoms with Crippen molar-refractivity contribution in [1.29, 1.82) is 0 Å². The van der Waals surface area contributed by atoms with Gasteiger partial charge in [0.2, 0.25) is 5.91 Å². The van der Waals surface area contributed by atoms with E-state index in [2.05, 4.69) is 6.58 Å². The molecule has 1 fully saturated rings. The molecule has 15 heavy (non-hydrogen) atoms. The first-order valence-electron chi connectivity index (χ1n) is 4.85. The highest BCUT2D eigenvalue weighted by Crippen LogP contribution is 2.20. The van der Waals surface area contributed by atoms with Crippen LogP contribution in [0.1, 0.15) is 6.92 Å². The van der Waals surface area contributed by atoms with Gasteiger partial charge in [0.15, 0.2) is 0 Å². The number of carbonyl (C=O) groups excluding carboxylic acids is 1. The van der Waals surface area contributed by atoms with Crippen molar-refractivity contribution in [2.45, 2.75) is 13.0 Å². The Labute approximate surface area is 88.3 Å². The molecule has 0 spiro atoms. The van der Waals surface area contributed by atoms with Gasteiger partial charge in [0.05, 0.1) is 19.3 Å². The van der Waals surface area contributed by atoms with Crippen molar-refractivity contribution in [2.24, 2.45) is 5.92 Å². The largest absolute Gasteiger partial charge is 0.481 e. The van der Waals surface area contributed by atoms with Gasteiger partial charge in [0.25, 0.3) is 0 Å². The molecule has 1 rings (SSSR count). The molecule has 84 valence electrons. The molecular formula is C10H15NO4. The van der Waals surface area contributed by atoms with Crippen LogP contribution in [0.15, 0.2) is 12.7 Å². The van der Waals surface area contributed by atoms with E-state index in [0.29, 0.717) is 6.54 Å². The lowest BCUT2D eigenvalue weighted by Gasteiger charge is -2.28. The van der Waals surface area contributed by atoms with Gasteiger partial charge in [-0.1, -0.05) is 6.58 Å². The molecule has 1 saturated heterocycles. The fourth-order valence-electron chi connectivity index (χ4n) is 1.76. The Morgan fingerprint density at radius 1 is 1.60 bits per heavy atom. The van der Waals surface area contributed by atoms with Crippen LogP contribution in [0.3, 0.4) is 0 Å². The van der Waals surface area contributed by atoms with Gasteiger partial charge in [-0.15, -0.1) is 0 Å². The van der Waals surface area contributed by atoms with Crippen LogP contribution < -0.4 is 0 Å². The maximum Gasteiger partial charge on any atom is 0.311 e. The minimum absolute atomic E-state index is 0.168. The molecule has 5 nitrogen and oxygen atoms in total. The third kappa shape index (κ3) is 2.36. The quantitative estimate of drug-likeness (QED) is 0.673. The summed E-state index contributed by atoms with van der Waals surface area (Å²) in [6, 6.07) is -0.377. The number of hydrogen-bond donors (Lipinski definition) is 1. The smallest absolute Gasteiger partial charge is 0.311 e. The normalized spacial score (nSPS) is 24.9. The van der Waals surface area contributed by atoms with Crippen LogP contribution in [-0.4, -0.2) is 47.7 Å². The van der Waals surface area contributed by atoms with E-state index in [1.165, 1.54) is 11.0 Å². The SMILES string of the molecule is C=CC(=O)N(CC)C1COCC1C(=O)O. The van der Waals surface area contributed by atoms with Gasteiger partial charge < -0.3 is 14.7 Å². The van der Waals surface area contributed by atoms with Crippen molar-refractivity contribution >= 4 is 11.9 Å². The lowest BCUT2D eigenvalue weighted by Crippen LogP contribution is -2.45. The summed E-state index contributed by atoms with van der Waals surface area (Å²) in [5, 5.41) is 8.94. The number of likely N-dealkylation sites (N-methyl/N-ethyl adjacent to an activating group) is 1. The number of carboxylic acid groups (broad SMARTS) is 1. The summed E-state index contributed by atoms with van der Waals surface area (Å²) in [4.78, 5) is 23.8. The topological polar surface area (TPSA) is 66.8 Å². The van der Waals surface area contributed by atoms with Gasteiger partial charge in [-0.2, -0.15) is 0 Å². The second-order valence-electron chi connectivity index (χ2n) is 3.38. The van der Waals surface area contributed by atoms with E-state index in [1.54, 1.807) is 6.92 Å². The van der Waals surface area contributed by atoms with E-state index in [0.717, 1.165) is 0 Å². The first kappa shape index (κ1) is 11.7. The van der Waals surface area contributed by atoms with Crippen molar-refractivity contribution in [2.75, 3.05) is 19.8 Å². The number of aliphatic carboxylic acids is 1. The Kier molecular flexibility index (Phi) is 3.85. The van der Waals surface area contributed by atoms with E-state index >= 15 is 0 Å². The Bertz CT molecular complexity index is 277. The minimum Gasteiger partial charge on any atom is -0.481 e. The van der Waals surface area contributed by atoms with Gasteiger partial charge in [-0.05, 0) is 13.0 Å². The molecule has 1 aliphatic rings. The average Bonchev–Trinajstić information content (AvgIpc) is 2.67. The number of rotatable bonds is 4. The highest BCUT2D eigenvalue weighted by atomic mass is 16.5. The molecule has 0 radical (unpaired) electrons. The van der Waals surface area contributed by atoms with Crippen LogP contribution in [0.4, 0.5) is 0 Å². The molecule has 0 aromatic carbocycles. The van der Waals surface area contributed by atoms with Crippen LogP contribution in [0, 0.1) is 5.92 Å². The van der Waals surface area contributed by atoms with Crippen molar-refractivity contribution in [3.8, 4) is 0 Å². The van der Waals surface area contributed by atoms with Crippen molar-refractivity contribution in [1.82, 2.24) is 4.90 Å². The predicted molar refractivity (Wildman–Crippen MR) is 53.3 cm³/mol. The number of carboxylic acids is 1. The predicted octanol–water partition coefficient (Wildman–Crippen LogP) is 0.120. The van der Waals surface area contributed by atoms with Crippen LogP contribution >= 0.6 is 0 Å². The second kappa shape index (κ2) is 4.93. The van der Waals surface area contributed by atoms with Gasteiger partial charge in [-0.3, -0.25) is 9.59 Å². The number of carbonyl (C=O) groups is 2. The first-order valence-corrected chi connectivity index (χ1v) is 4.85. The van der Waals surface area contributed by atoms with Gasteiger partial charge in [-0.25, -0.2) is 0 Å². The zero-order valence-corrected chi connectivity index (χ0v) is 8.68. The van der Waals surface area contributed by atoms with Crippen LogP contribution in [0.2, 0.25) is 0 Å². The van der Waals surface area contributed by atoms with E-state index in [9.17, 15) is 9.59 Å². The average molecular weight is 213 g/mol. The Hall–Kier alpha value is -1.36. The zero-order valence-electron chi connectivity index (χ0n) is 8.68. The summed E-state index contributed by atoms with van der Waals surface area (Å²) in [5.41, 5.74) is 0.